The topological polar surface area (TPSA) is 84.9 Å². The van der Waals surface area contributed by atoms with Crippen molar-refractivity contribution in [1.29, 1.82) is 0 Å². The zero-order valence-corrected chi connectivity index (χ0v) is 11.4. The molecule has 1 atom stereocenters. The van der Waals surface area contributed by atoms with Crippen molar-refractivity contribution >= 4 is 11.9 Å². The Balaban J connectivity index is 3.06. The lowest BCUT2D eigenvalue weighted by molar-refractivity contribution is -0.145. The van der Waals surface area contributed by atoms with E-state index in [2.05, 4.69) is 5.32 Å². The van der Waals surface area contributed by atoms with E-state index in [4.69, 9.17) is 14.6 Å². The monoisotopic (exact) mass is 285 g/mol. The van der Waals surface area contributed by atoms with Gasteiger partial charge in [-0.3, -0.25) is 4.79 Å². The van der Waals surface area contributed by atoms with Crippen LogP contribution in [0.4, 0.5) is 4.39 Å². The molecule has 0 radical (unpaired) electrons. The third kappa shape index (κ3) is 3.45. The molecule has 110 valence electrons. The molecule has 0 aliphatic rings. The number of benzene rings is 1. The number of carboxylic acid groups (broad SMARTS) is 1. The van der Waals surface area contributed by atoms with Gasteiger partial charge in [-0.05, 0) is 25.1 Å². The first-order chi connectivity index (χ1) is 9.34. The van der Waals surface area contributed by atoms with E-state index in [1.165, 1.54) is 27.2 Å². The first-order valence-corrected chi connectivity index (χ1v) is 5.72. The smallest absolute Gasteiger partial charge is 0.331 e. The van der Waals surface area contributed by atoms with E-state index in [9.17, 15) is 14.0 Å². The molecular weight excluding hydrogens is 269 g/mol. The maximum atomic E-state index is 13.2. The van der Waals surface area contributed by atoms with Gasteiger partial charge in [-0.1, -0.05) is 0 Å². The zero-order valence-electron chi connectivity index (χ0n) is 11.4. The number of halogens is 1. The molecular formula is C13H16FNO5. The molecule has 7 heteroatoms. The average molecular weight is 285 g/mol. The number of hydrogen-bond donors (Lipinski definition) is 2. The van der Waals surface area contributed by atoms with E-state index < -0.39 is 23.2 Å². The number of rotatable bonds is 6. The summed E-state index contributed by atoms with van der Waals surface area (Å²) in [7, 11) is 2.64. The standard InChI is InChI=1S/C13H16FNO5/c1-13(7-19-2,12(17)18)15-11(16)9-6-8(14)4-5-10(9)20-3/h4-6H,7H2,1-3H3,(H,15,16)(H,17,18). The summed E-state index contributed by atoms with van der Waals surface area (Å²) in [5.74, 6) is -2.50. The Hall–Kier alpha value is -2.15. The second-order valence-electron chi connectivity index (χ2n) is 4.37. The van der Waals surface area contributed by atoms with Gasteiger partial charge in [-0.2, -0.15) is 0 Å². The number of hydrogen-bond acceptors (Lipinski definition) is 4. The second-order valence-corrected chi connectivity index (χ2v) is 4.37. The molecule has 0 aliphatic carbocycles. The number of carbonyl (C=O) groups excluding carboxylic acids is 1. The van der Waals surface area contributed by atoms with Gasteiger partial charge in [0.05, 0.1) is 19.3 Å². The first kappa shape index (κ1) is 15.9. The quantitative estimate of drug-likeness (QED) is 0.816. The molecule has 1 amide bonds. The van der Waals surface area contributed by atoms with Crippen molar-refractivity contribution in [2.45, 2.75) is 12.5 Å². The number of ether oxygens (including phenoxy) is 2. The molecule has 20 heavy (non-hydrogen) atoms. The normalized spacial score (nSPS) is 13.4. The maximum absolute atomic E-state index is 13.2. The molecule has 1 rings (SSSR count). The molecule has 0 heterocycles. The van der Waals surface area contributed by atoms with Gasteiger partial charge < -0.3 is 19.9 Å². The van der Waals surface area contributed by atoms with Gasteiger partial charge in [-0.15, -0.1) is 0 Å². The Morgan fingerprint density at radius 1 is 1.40 bits per heavy atom. The predicted molar refractivity (Wildman–Crippen MR) is 68.3 cm³/mol. The van der Waals surface area contributed by atoms with E-state index in [1.807, 2.05) is 0 Å². The lowest BCUT2D eigenvalue weighted by Crippen LogP contribution is -2.55. The Morgan fingerprint density at radius 2 is 2.05 bits per heavy atom. The lowest BCUT2D eigenvalue weighted by atomic mass is 10.0. The largest absolute Gasteiger partial charge is 0.496 e. The molecule has 6 nitrogen and oxygen atoms in total. The van der Waals surface area contributed by atoms with E-state index in [-0.39, 0.29) is 17.9 Å². The van der Waals surface area contributed by atoms with Crippen molar-refractivity contribution < 1.29 is 28.6 Å². The third-order valence-electron chi connectivity index (χ3n) is 2.70. The van der Waals surface area contributed by atoms with Gasteiger partial charge in [0.25, 0.3) is 5.91 Å². The highest BCUT2D eigenvalue weighted by Crippen LogP contribution is 2.20. The van der Waals surface area contributed by atoms with Crippen molar-refractivity contribution in [1.82, 2.24) is 5.32 Å². The molecule has 0 spiro atoms. The summed E-state index contributed by atoms with van der Waals surface area (Å²) in [6.07, 6.45) is 0. The number of amides is 1. The van der Waals surface area contributed by atoms with Gasteiger partial charge in [0, 0.05) is 7.11 Å². The van der Waals surface area contributed by atoms with Crippen LogP contribution in [0.2, 0.25) is 0 Å². The van der Waals surface area contributed by atoms with Crippen molar-refractivity contribution in [2.75, 3.05) is 20.8 Å². The highest BCUT2D eigenvalue weighted by atomic mass is 19.1. The fraction of sp³-hybridized carbons (Fsp3) is 0.385. The minimum absolute atomic E-state index is 0.0870. The van der Waals surface area contributed by atoms with Crippen LogP contribution >= 0.6 is 0 Å². The Bertz CT molecular complexity index is 519. The summed E-state index contributed by atoms with van der Waals surface area (Å²) in [5.41, 5.74) is -1.71. The molecule has 1 aromatic rings. The molecule has 0 fully saturated rings. The van der Waals surface area contributed by atoms with Gasteiger partial charge >= 0.3 is 5.97 Å². The van der Waals surface area contributed by atoms with E-state index in [0.717, 1.165) is 12.1 Å². The van der Waals surface area contributed by atoms with Crippen LogP contribution in [-0.4, -0.2) is 43.3 Å². The molecule has 0 aliphatic heterocycles. The van der Waals surface area contributed by atoms with Crippen LogP contribution in [-0.2, 0) is 9.53 Å². The number of carbonyl (C=O) groups is 2. The highest BCUT2D eigenvalue weighted by Gasteiger charge is 2.35. The number of methoxy groups -OCH3 is 2. The summed E-state index contributed by atoms with van der Waals surface area (Å²) in [6.45, 7) is 1.06. The minimum atomic E-state index is -1.62. The lowest BCUT2D eigenvalue weighted by Gasteiger charge is -2.25. The fourth-order valence-electron chi connectivity index (χ4n) is 1.62. The summed E-state index contributed by atoms with van der Waals surface area (Å²) in [6, 6.07) is 3.41. The number of carboxylic acids is 1. The SMILES string of the molecule is COCC(C)(NC(=O)c1cc(F)ccc1OC)C(=O)O. The molecule has 1 unspecified atom stereocenters. The summed E-state index contributed by atoms with van der Waals surface area (Å²) < 4.78 is 22.9. The third-order valence-corrected chi connectivity index (χ3v) is 2.70. The van der Waals surface area contributed by atoms with Crippen molar-refractivity contribution in [3.63, 3.8) is 0 Å². The van der Waals surface area contributed by atoms with Crippen LogP contribution in [0.5, 0.6) is 5.75 Å². The van der Waals surface area contributed by atoms with Crippen LogP contribution in [0.1, 0.15) is 17.3 Å². The number of nitrogens with one attached hydrogen (secondary N) is 1. The van der Waals surface area contributed by atoms with E-state index >= 15 is 0 Å². The van der Waals surface area contributed by atoms with Crippen LogP contribution in [0.15, 0.2) is 18.2 Å². The zero-order chi connectivity index (χ0) is 15.3. The maximum Gasteiger partial charge on any atom is 0.331 e. The molecule has 0 aromatic heterocycles. The molecule has 1 aromatic carbocycles. The summed E-state index contributed by atoms with van der Waals surface area (Å²) >= 11 is 0. The van der Waals surface area contributed by atoms with Crippen LogP contribution < -0.4 is 10.1 Å². The average Bonchev–Trinajstić information content (AvgIpc) is 2.38. The predicted octanol–water partition coefficient (Wildman–Crippen LogP) is 1.05. The Morgan fingerprint density at radius 3 is 2.55 bits per heavy atom. The van der Waals surface area contributed by atoms with E-state index in [1.54, 1.807) is 0 Å². The summed E-state index contributed by atoms with van der Waals surface area (Å²) in [4.78, 5) is 23.3. The number of aliphatic carboxylic acids is 1. The highest BCUT2D eigenvalue weighted by molar-refractivity contribution is 6.00. The van der Waals surface area contributed by atoms with Crippen LogP contribution in [0.25, 0.3) is 0 Å². The van der Waals surface area contributed by atoms with Crippen molar-refractivity contribution in [2.24, 2.45) is 0 Å². The first-order valence-electron chi connectivity index (χ1n) is 5.72. The van der Waals surface area contributed by atoms with Crippen LogP contribution in [0.3, 0.4) is 0 Å². The van der Waals surface area contributed by atoms with Gasteiger partial charge in [-0.25, -0.2) is 9.18 Å². The molecule has 2 N–H and O–H groups in total. The molecule has 0 bridgehead atoms. The van der Waals surface area contributed by atoms with Gasteiger partial charge in [0.2, 0.25) is 0 Å². The molecule has 0 saturated heterocycles. The second kappa shape index (κ2) is 6.33. The van der Waals surface area contributed by atoms with Crippen molar-refractivity contribution in [3.8, 4) is 5.75 Å². The van der Waals surface area contributed by atoms with E-state index in [0.29, 0.717) is 0 Å². The van der Waals surface area contributed by atoms with Gasteiger partial charge in [0.1, 0.15) is 11.6 Å². The van der Waals surface area contributed by atoms with Crippen LogP contribution in [0, 0.1) is 5.82 Å². The molecule has 0 saturated carbocycles. The Labute approximate surface area is 115 Å². The van der Waals surface area contributed by atoms with Crippen molar-refractivity contribution in [3.05, 3.63) is 29.6 Å². The summed E-state index contributed by atoms with van der Waals surface area (Å²) in [5, 5.41) is 11.4. The fourth-order valence-corrected chi connectivity index (χ4v) is 1.62. The minimum Gasteiger partial charge on any atom is -0.496 e. The van der Waals surface area contributed by atoms with Gasteiger partial charge in [0.15, 0.2) is 5.54 Å². The Kier molecular flexibility index (Phi) is 5.04.